The monoisotopic (exact) mass is 674 g/mol. The van der Waals surface area contributed by atoms with Crippen molar-refractivity contribution in [2.75, 3.05) is 0 Å². The van der Waals surface area contributed by atoms with Gasteiger partial charge in [0.15, 0.2) is 0 Å². The first-order valence-electron chi connectivity index (χ1n) is 15.5. The smallest absolute Gasteiger partial charge is 0.119 e. The number of nitrogens with one attached hydrogen (secondary N) is 4. The maximum absolute atomic E-state index is 8.89. The molecule has 2 aromatic carbocycles. The Morgan fingerprint density at radius 2 is 0.918 bits per heavy atom. The predicted octanol–water partition coefficient (Wildman–Crippen LogP) is 9.08. The molecule has 0 saturated heterocycles. The molecule has 7 rings (SSSR count). The van der Waals surface area contributed by atoms with Crippen molar-refractivity contribution in [3.05, 3.63) is 155 Å². The van der Waals surface area contributed by atoms with Gasteiger partial charge in [0.05, 0.1) is 34.2 Å². The van der Waals surface area contributed by atoms with Crippen LogP contribution in [0, 0.1) is 21.6 Å². The van der Waals surface area contributed by atoms with Crippen LogP contribution in [0.4, 0.5) is 0 Å². The van der Waals surface area contributed by atoms with E-state index < -0.39 is 0 Å². The van der Waals surface area contributed by atoms with Crippen molar-refractivity contribution < 1.29 is 0 Å². The Kier molecular flexibility index (Phi) is 8.58. The standard InChI is InChI=1S/C39H30N8S2/c1-39(2)27-21-23(35(40)48-37(42)33-13-7-11-31(46-33)29-9-3-5-19-44-29)15-17-25(27)26-18-16-24(22-28(26)39)36(41)49-38(43)34-14-8-12-32(47-34)30-10-4-6-20-45-30/h3-22,40-43H,1-2H3. The largest absolute Gasteiger partial charge is 0.293 e. The topological polar surface area (TPSA) is 147 Å². The van der Waals surface area contributed by atoms with Crippen LogP contribution < -0.4 is 0 Å². The van der Waals surface area contributed by atoms with Crippen LogP contribution in [0.25, 0.3) is 33.9 Å². The summed E-state index contributed by atoms with van der Waals surface area (Å²) < 4.78 is 0. The molecule has 4 heterocycles. The molecule has 238 valence electrons. The van der Waals surface area contributed by atoms with Gasteiger partial charge in [-0.25, -0.2) is 9.97 Å². The Labute approximate surface area is 292 Å². The van der Waals surface area contributed by atoms with Gasteiger partial charge in [0, 0.05) is 28.9 Å². The van der Waals surface area contributed by atoms with Gasteiger partial charge in [-0.05, 0) is 106 Å². The average molecular weight is 675 g/mol. The minimum atomic E-state index is -0.384. The molecule has 49 heavy (non-hydrogen) atoms. The lowest BCUT2D eigenvalue weighted by Crippen LogP contribution is -2.16. The minimum Gasteiger partial charge on any atom is -0.293 e. The number of nitrogens with zero attached hydrogens (tertiary/aromatic N) is 4. The molecule has 8 nitrogen and oxygen atoms in total. The van der Waals surface area contributed by atoms with Crippen molar-refractivity contribution in [1.82, 2.24) is 19.9 Å². The number of fused-ring (bicyclic) bond motifs is 3. The molecule has 0 atom stereocenters. The first kappa shape index (κ1) is 32.0. The van der Waals surface area contributed by atoms with Crippen molar-refractivity contribution in [3.8, 4) is 33.9 Å². The highest BCUT2D eigenvalue weighted by Gasteiger charge is 2.36. The zero-order valence-corrected chi connectivity index (χ0v) is 28.3. The highest BCUT2D eigenvalue weighted by molar-refractivity contribution is 8.27. The van der Waals surface area contributed by atoms with Crippen LogP contribution in [0.1, 0.15) is 47.5 Å². The second kappa shape index (κ2) is 13.1. The number of pyridine rings is 4. The summed E-state index contributed by atoms with van der Waals surface area (Å²) in [6, 6.07) is 34.3. The van der Waals surface area contributed by atoms with Crippen LogP contribution in [-0.2, 0) is 5.41 Å². The summed E-state index contributed by atoms with van der Waals surface area (Å²) in [7, 11) is 0. The Hall–Kier alpha value is -5.58. The number of rotatable bonds is 6. The van der Waals surface area contributed by atoms with Gasteiger partial charge in [-0.15, -0.1) is 0 Å². The summed E-state index contributed by atoms with van der Waals surface area (Å²) in [5.74, 6) is 0. The molecular formula is C39H30N8S2. The fourth-order valence-electron chi connectivity index (χ4n) is 5.88. The van der Waals surface area contributed by atoms with Gasteiger partial charge < -0.3 is 0 Å². The normalized spacial score (nSPS) is 12.5. The zero-order chi connectivity index (χ0) is 34.1. The first-order chi connectivity index (χ1) is 23.7. The van der Waals surface area contributed by atoms with E-state index in [-0.39, 0.29) is 25.6 Å². The van der Waals surface area contributed by atoms with Gasteiger partial charge in [0.25, 0.3) is 0 Å². The first-order valence-corrected chi connectivity index (χ1v) is 17.1. The van der Waals surface area contributed by atoms with E-state index in [1.54, 1.807) is 24.5 Å². The van der Waals surface area contributed by atoms with Gasteiger partial charge >= 0.3 is 0 Å². The lowest BCUT2D eigenvalue weighted by molar-refractivity contribution is 0.660. The SMILES string of the molecule is CC1(C)c2cc(C(=N)SC(=N)c3cccc(-c4ccccn4)n3)ccc2-c2ccc(C(=N)SC(=N)c3cccc(-c4ccccn4)n3)cc21. The summed E-state index contributed by atoms with van der Waals surface area (Å²) in [4.78, 5) is 18.0. The van der Waals surface area contributed by atoms with Gasteiger partial charge in [0.2, 0.25) is 0 Å². The second-order valence-corrected chi connectivity index (χ2v) is 14.0. The van der Waals surface area contributed by atoms with E-state index >= 15 is 0 Å². The van der Waals surface area contributed by atoms with Crippen LogP contribution in [0.15, 0.2) is 122 Å². The Bertz CT molecular complexity index is 2120. The average Bonchev–Trinajstić information content (AvgIpc) is 3.37. The lowest BCUT2D eigenvalue weighted by atomic mass is 9.81. The van der Waals surface area contributed by atoms with Crippen LogP contribution in [0.5, 0.6) is 0 Å². The van der Waals surface area contributed by atoms with Crippen molar-refractivity contribution in [3.63, 3.8) is 0 Å². The summed E-state index contributed by atoms with van der Waals surface area (Å²) in [6.45, 7) is 4.31. The highest BCUT2D eigenvalue weighted by atomic mass is 32.2. The van der Waals surface area contributed by atoms with E-state index in [0.717, 1.165) is 68.3 Å². The molecule has 0 saturated carbocycles. The molecule has 1 aliphatic rings. The van der Waals surface area contributed by atoms with Crippen molar-refractivity contribution in [1.29, 1.82) is 21.6 Å². The Balaban J connectivity index is 1.07. The van der Waals surface area contributed by atoms with Crippen molar-refractivity contribution in [2.24, 2.45) is 0 Å². The third-order valence-corrected chi connectivity index (χ3v) is 10.1. The zero-order valence-electron chi connectivity index (χ0n) is 26.7. The fourth-order valence-corrected chi connectivity index (χ4v) is 7.22. The number of hydrogen-bond donors (Lipinski definition) is 4. The summed E-state index contributed by atoms with van der Waals surface area (Å²) >= 11 is 2.15. The van der Waals surface area contributed by atoms with Gasteiger partial charge in [-0.2, -0.15) is 0 Å². The maximum Gasteiger partial charge on any atom is 0.119 e. The van der Waals surface area contributed by atoms with Crippen LogP contribution in [0.3, 0.4) is 0 Å². The highest BCUT2D eigenvalue weighted by Crippen LogP contribution is 2.49. The maximum atomic E-state index is 8.89. The second-order valence-electron chi connectivity index (χ2n) is 11.9. The number of hydrogen-bond acceptors (Lipinski definition) is 10. The Morgan fingerprint density at radius 3 is 1.33 bits per heavy atom. The van der Waals surface area contributed by atoms with Crippen molar-refractivity contribution in [2.45, 2.75) is 19.3 Å². The molecule has 0 aliphatic heterocycles. The molecule has 1 aliphatic carbocycles. The third-order valence-electron chi connectivity index (χ3n) is 8.43. The van der Waals surface area contributed by atoms with E-state index in [0.29, 0.717) is 22.8 Å². The summed E-state index contributed by atoms with van der Waals surface area (Å²) in [5.41, 5.74) is 9.25. The molecule has 0 amide bonds. The van der Waals surface area contributed by atoms with Crippen LogP contribution in [-0.4, -0.2) is 40.1 Å². The van der Waals surface area contributed by atoms with E-state index in [9.17, 15) is 0 Å². The van der Waals surface area contributed by atoms with Crippen LogP contribution >= 0.6 is 23.5 Å². The van der Waals surface area contributed by atoms with E-state index in [4.69, 9.17) is 21.6 Å². The summed E-state index contributed by atoms with van der Waals surface area (Å²) in [6.07, 6.45) is 3.43. The van der Waals surface area contributed by atoms with E-state index in [1.165, 1.54) is 0 Å². The Morgan fingerprint density at radius 1 is 0.490 bits per heavy atom. The van der Waals surface area contributed by atoms with Gasteiger partial charge in [-0.3, -0.25) is 31.6 Å². The number of benzene rings is 2. The molecule has 0 fully saturated rings. The molecule has 0 spiro atoms. The molecule has 0 unspecified atom stereocenters. The molecule has 0 bridgehead atoms. The van der Waals surface area contributed by atoms with Crippen molar-refractivity contribution >= 4 is 43.7 Å². The molecule has 10 heteroatoms. The predicted molar refractivity (Wildman–Crippen MR) is 201 cm³/mol. The number of aromatic nitrogens is 4. The third kappa shape index (κ3) is 6.36. The van der Waals surface area contributed by atoms with Gasteiger partial charge in [-0.1, -0.05) is 62.4 Å². The lowest BCUT2D eigenvalue weighted by Gasteiger charge is -2.22. The quantitative estimate of drug-likeness (QED) is 0.102. The fraction of sp³-hybridized carbons (Fsp3) is 0.0769. The molecule has 4 aromatic heterocycles. The van der Waals surface area contributed by atoms with Gasteiger partial charge in [0.1, 0.15) is 20.2 Å². The minimum absolute atomic E-state index is 0.190. The van der Waals surface area contributed by atoms with E-state index in [2.05, 4.69) is 33.8 Å². The molecule has 0 radical (unpaired) electrons. The molecular weight excluding hydrogens is 645 g/mol. The van der Waals surface area contributed by atoms with Crippen LogP contribution in [0.2, 0.25) is 0 Å². The molecule has 4 N–H and O–H groups in total. The number of thioether (sulfide) groups is 2. The summed E-state index contributed by atoms with van der Waals surface area (Å²) in [5, 5.41) is 36.1. The van der Waals surface area contributed by atoms with E-state index in [1.807, 2.05) is 97.1 Å². The molecule has 6 aromatic rings.